The monoisotopic (exact) mass is 191 g/mol. The largest absolute Gasteiger partial charge is 0.374 e. The molecule has 0 saturated carbocycles. The van der Waals surface area contributed by atoms with E-state index in [0.717, 1.165) is 11.3 Å². The first kappa shape index (κ1) is 10.4. The Morgan fingerprint density at radius 1 is 1.64 bits per heavy atom. The molecule has 0 amide bonds. The van der Waals surface area contributed by atoms with Crippen LogP contribution >= 0.6 is 0 Å². The van der Waals surface area contributed by atoms with Crippen molar-refractivity contribution in [2.24, 2.45) is 0 Å². The number of nitrogens with zero attached hydrogens (tertiary/aromatic N) is 1. The summed E-state index contributed by atoms with van der Waals surface area (Å²) < 4.78 is 4.31. The van der Waals surface area contributed by atoms with Gasteiger partial charge in [0.25, 0.3) is 0 Å². The molecule has 0 spiro atoms. The summed E-state index contributed by atoms with van der Waals surface area (Å²) in [4.78, 5) is 12.0. The van der Waals surface area contributed by atoms with E-state index in [1.807, 2.05) is 26.1 Å². The molecule has 1 atom stereocenters. The molecule has 14 heavy (non-hydrogen) atoms. The van der Waals surface area contributed by atoms with E-state index in [9.17, 15) is 4.79 Å². The fraction of sp³-hybridized carbons (Fsp3) is 0.364. The van der Waals surface area contributed by atoms with Gasteiger partial charge < -0.3 is 9.64 Å². The second-order valence-corrected chi connectivity index (χ2v) is 3.20. The van der Waals surface area contributed by atoms with Gasteiger partial charge in [-0.1, -0.05) is 0 Å². The first-order chi connectivity index (χ1) is 6.65. The number of likely N-dealkylation sites (N-methyl/N-ethyl adjacent to an activating group) is 1. The summed E-state index contributed by atoms with van der Waals surface area (Å²) in [5.41, 5.74) is 2.03. The third-order valence-corrected chi connectivity index (χ3v) is 2.25. The molecule has 3 nitrogen and oxygen atoms in total. The van der Waals surface area contributed by atoms with Crippen molar-refractivity contribution >= 4 is 6.47 Å². The van der Waals surface area contributed by atoms with Crippen LogP contribution < -0.4 is 0 Å². The number of allylic oxidation sites excluding steroid dienone is 3. The summed E-state index contributed by atoms with van der Waals surface area (Å²) in [7, 11) is 2.03. The Bertz CT molecular complexity index is 344. The average molecular weight is 191 g/mol. The number of carbonyl (C=O) groups excluding carboxylic acids is 1. The van der Waals surface area contributed by atoms with Crippen molar-refractivity contribution in [2.45, 2.75) is 19.9 Å². The van der Waals surface area contributed by atoms with Gasteiger partial charge in [0.15, 0.2) is 0 Å². The lowest BCUT2D eigenvalue weighted by atomic mass is 10.1. The number of carbonyl (C=O) groups is 1. The summed E-state index contributed by atoms with van der Waals surface area (Å²) in [6.45, 7) is 4.42. The van der Waals surface area contributed by atoms with Crippen LogP contribution in [0.4, 0.5) is 0 Å². The predicted molar refractivity (Wildman–Crippen MR) is 54.0 cm³/mol. The fourth-order valence-electron chi connectivity index (χ4n) is 1.26. The van der Waals surface area contributed by atoms with E-state index in [1.54, 1.807) is 0 Å². The maximum atomic E-state index is 9.86. The minimum atomic E-state index is 0.320. The van der Waals surface area contributed by atoms with E-state index in [1.165, 1.54) is 0 Å². The highest BCUT2D eigenvalue weighted by Crippen LogP contribution is 2.16. The molecule has 0 aliphatic carbocycles. The summed E-state index contributed by atoms with van der Waals surface area (Å²) in [5.74, 6) is 2.76. The topological polar surface area (TPSA) is 29.5 Å². The first-order valence-corrected chi connectivity index (χ1v) is 4.38. The van der Waals surface area contributed by atoms with Crippen molar-refractivity contribution < 1.29 is 9.53 Å². The normalized spacial score (nSPS) is 20.2. The molecule has 1 rings (SSSR count). The Labute approximate surface area is 84.0 Å². The Morgan fingerprint density at radius 3 is 2.93 bits per heavy atom. The molecule has 0 bridgehead atoms. The van der Waals surface area contributed by atoms with Crippen molar-refractivity contribution in [3.05, 3.63) is 23.4 Å². The SMILES string of the molecule is CC1=CC(C#COC=O)=CC(C)N1C. The lowest BCUT2D eigenvalue weighted by Crippen LogP contribution is -2.28. The second-order valence-electron chi connectivity index (χ2n) is 3.20. The third kappa shape index (κ3) is 2.40. The van der Waals surface area contributed by atoms with Crippen LogP contribution in [0.5, 0.6) is 0 Å². The Hall–Kier alpha value is -1.69. The number of hydrogen-bond acceptors (Lipinski definition) is 3. The maximum absolute atomic E-state index is 9.86. The van der Waals surface area contributed by atoms with Gasteiger partial charge in [-0.3, -0.25) is 4.79 Å². The Balaban J connectivity index is 2.78. The molecule has 0 aromatic rings. The maximum Gasteiger partial charge on any atom is 0.307 e. The van der Waals surface area contributed by atoms with Crippen molar-refractivity contribution in [3.63, 3.8) is 0 Å². The number of ether oxygens (including phenoxy) is 1. The van der Waals surface area contributed by atoms with Gasteiger partial charge in [0.05, 0.1) is 0 Å². The Morgan fingerprint density at radius 2 is 2.36 bits per heavy atom. The molecule has 0 saturated heterocycles. The molecule has 74 valence electrons. The highest BCUT2D eigenvalue weighted by atomic mass is 16.5. The zero-order valence-corrected chi connectivity index (χ0v) is 8.57. The molecular formula is C11H13NO2. The zero-order valence-electron chi connectivity index (χ0n) is 8.57. The van der Waals surface area contributed by atoms with Crippen molar-refractivity contribution in [1.29, 1.82) is 0 Å². The highest BCUT2D eigenvalue weighted by Gasteiger charge is 2.12. The molecule has 1 heterocycles. The molecule has 1 aliphatic rings. The van der Waals surface area contributed by atoms with E-state index >= 15 is 0 Å². The van der Waals surface area contributed by atoms with E-state index in [-0.39, 0.29) is 0 Å². The molecule has 0 fully saturated rings. The lowest BCUT2D eigenvalue weighted by Gasteiger charge is -2.28. The van der Waals surface area contributed by atoms with Crippen molar-refractivity contribution in [3.8, 4) is 12.0 Å². The van der Waals surface area contributed by atoms with Gasteiger partial charge in [-0.15, -0.1) is 0 Å². The fourth-order valence-corrected chi connectivity index (χ4v) is 1.26. The van der Waals surface area contributed by atoms with E-state index < -0.39 is 0 Å². The summed E-state index contributed by atoms with van der Waals surface area (Å²) in [5, 5.41) is 0. The van der Waals surface area contributed by atoms with Crippen LogP contribution in [-0.2, 0) is 9.53 Å². The summed E-state index contributed by atoms with van der Waals surface area (Å²) >= 11 is 0. The van der Waals surface area contributed by atoms with Crippen molar-refractivity contribution in [2.75, 3.05) is 7.05 Å². The predicted octanol–water partition coefficient (Wildman–Crippen LogP) is 1.28. The molecule has 0 aromatic carbocycles. The summed E-state index contributed by atoms with van der Waals surface area (Å²) in [6, 6.07) is 0.320. The highest BCUT2D eigenvalue weighted by molar-refractivity contribution is 5.45. The summed E-state index contributed by atoms with van der Waals surface area (Å²) in [6.07, 6.45) is 6.29. The van der Waals surface area contributed by atoms with E-state index in [4.69, 9.17) is 0 Å². The van der Waals surface area contributed by atoms with E-state index in [2.05, 4.69) is 28.6 Å². The average Bonchev–Trinajstić information content (AvgIpc) is 2.14. The quantitative estimate of drug-likeness (QED) is 0.462. The van der Waals surface area contributed by atoms with Gasteiger partial charge in [0, 0.05) is 24.4 Å². The Kier molecular flexibility index (Phi) is 3.35. The molecule has 0 aromatic heterocycles. The molecule has 0 radical (unpaired) electrons. The number of rotatable bonds is 1. The van der Waals surface area contributed by atoms with Crippen LogP contribution in [0.2, 0.25) is 0 Å². The zero-order chi connectivity index (χ0) is 10.6. The van der Waals surface area contributed by atoms with Gasteiger partial charge in [0.2, 0.25) is 0 Å². The molecule has 3 heteroatoms. The van der Waals surface area contributed by atoms with Gasteiger partial charge >= 0.3 is 6.47 Å². The van der Waals surface area contributed by atoms with Crippen LogP contribution in [0.3, 0.4) is 0 Å². The number of hydrogen-bond donors (Lipinski definition) is 0. The van der Waals surface area contributed by atoms with Gasteiger partial charge in [-0.05, 0) is 31.9 Å². The van der Waals surface area contributed by atoms with Crippen molar-refractivity contribution in [1.82, 2.24) is 4.90 Å². The van der Waals surface area contributed by atoms with Crippen LogP contribution in [0, 0.1) is 12.0 Å². The minimum absolute atomic E-state index is 0.320. The first-order valence-electron chi connectivity index (χ1n) is 4.38. The van der Waals surface area contributed by atoms with E-state index in [0.29, 0.717) is 12.5 Å². The smallest absolute Gasteiger partial charge is 0.307 e. The second kappa shape index (κ2) is 4.52. The molecule has 1 aliphatic heterocycles. The van der Waals surface area contributed by atoms with Gasteiger partial charge in [-0.2, -0.15) is 0 Å². The van der Waals surface area contributed by atoms with Gasteiger partial charge in [0.1, 0.15) is 6.11 Å². The van der Waals surface area contributed by atoms with Crippen LogP contribution in [0.15, 0.2) is 23.4 Å². The molecular weight excluding hydrogens is 178 g/mol. The standard InChI is InChI=1S/C11H13NO2/c1-9-6-11(4-5-14-8-13)7-10(2)12(9)3/h6-9H,1-3H3. The minimum Gasteiger partial charge on any atom is -0.374 e. The van der Waals surface area contributed by atoms with Crippen LogP contribution in [0.25, 0.3) is 0 Å². The lowest BCUT2D eigenvalue weighted by molar-refractivity contribution is -0.122. The van der Waals surface area contributed by atoms with Crippen LogP contribution in [0.1, 0.15) is 13.8 Å². The van der Waals surface area contributed by atoms with Crippen LogP contribution in [-0.4, -0.2) is 24.5 Å². The van der Waals surface area contributed by atoms with Gasteiger partial charge in [-0.25, -0.2) is 0 Å². The third-order valence-electron chi connectivity index (χ3n) is 2.25. The molecule has 0 N–H and O–H groups in total. The molecule has 1 unspecified atom stereocenters.